The van der Waals surface area contributed by atoms with E-state index >= 15 is 0 Å². The van der Waals surface area contributed by atoms with Crippen LogP contribution >= 0.6 is 0 Å². The first-order valence-electron chi connectivity index (χ1n) is 7.21. The van der Waals surface area contributed by atoms with Crippen molar-refractivity contribution in [3.8, 4) is 11.5 Å². The zero-order chi connectivity index (χ0) is 15.6. The fourth-order valence-corrected chi connectivity index (χ4v) is 2.39. The molecule has 21 heavy (non-hydrogen) atoms. The van der Waals surface area contributed by atoms with Gasteiger partial charge < -0.3 is 20.1 Å². The van der Waals surface area contributed by atoms with Crippen LogP contribution in [0, 0.1) is 5.41 Å². The molecule has 2 rings (SSSR count). The Morgan fingerprint density at radius 3 is 2.43 bits per heavy atom. The van der Waals surface area contributed by atoms with Gasteiger partial charge in [0.1, 0.15) is 6.10 Å². The highest BCUT2D eigenvalue weighted by Gasteiger charge is 2.36. The molecule has 0 spiro atoms. The highest BCUT2D eigenvalue weighted by Crippen LogP contribution is 2.34. The Balaban J connectivity index is 2.10. The van der Waals surface area contributed by atoms with E-state index in [1.165, 1.54) is 0 Å². The first-order chi connectivity index (χ1) is 9.84. The van der Waals surface area contributed by atoms with E-state index in [4.69, 9.17) is 15.2 Å². The lowest BCUT2D eigenvalue weighted by Gasteiger charge is -2.35. The predicted octanol–water partition coefficient (Wildman–Crippen LogP) is 1.66. The van der Waals surface area contributed by atoms with Crippen LogP contribution in [0.4, 0.5) is 0 Å². The van der Waals surface area contributed by atoms with Crippen molar-refractivity contribution < 1.29 is 14.3 Å². The average molecular weight is 292 g/mol. The SMILES string of the molecule is CC1Oc2ccccc2OC1C(=O)N(C)CC(C)(C)CN. The maximum Gasteiger partial charge on any atom is 0.267 e. The molecule has 1 heterocycles. The third-order valence-electron chi connectivity index (χ3n) is 3.68. The summed E-state index contributed by atoms with van der Waals surface area (Å²) in [7, 11) is 1.77. The van der Waals surface area contributed by atoms with Crippen LogP contribution in [0.3, 0.4) is 0 Å². The van der Waals surface area contributed by atoms with E-state index in [0.29, 0.717) is 24.6 Å². The highest BCUT2D eigenvalue weighted by atomic mass is 16.6. The standard InChI is InChI=1S/C16H24N2O3/c1-11-14(15(19)18(4)10-16(2,3)9-17)21-13-8-6-5-7-12(13)20-11/h5-8,11,14H,9-10,17H2,1-4H3. The van der Waals surface area contributed by atoms with Gasteiger partial charge >= 0.3 is 0 Å². The lowest BCUT2D eigenvalue weighted by atomic mass is 9.93. The lowest BCUT2D eigenvalue weighted by Crippen LogP contribution is -2.51. The Labute approximate surface area is 126 Å². The summed E-state index contributed by atoms with van der Waals surface area (Å²) in [6.45, 7) is 7.02. The van der Waals surface area contributed by atoms with Gasteiger partial charge in [-0.1, -0.05) is 26.0 Å². The number of rotatable bonds is 4. The Hall–Kier alpha value is -1.75. The zero-order valence-electron chi connectivity index (χ0n) is 13.1. The van der Waals surface area contributed by atoms with Crippen molar-refractivity contribution in [2.24, 2.45) is 11.1 Å². The van der Waals surface area contributed by atoms with Gasteiger partial charge in [0.15, 0.2) is 11.5 Å². The molecule has 0 saturated heterocycles. The Morgan fingerprint density at radius 1 is 1.29 bits per heavy atom. The van der Waals surface area contributed by atoms with Crippen LogP contribution in [-0.4, -0.2) is 43.2 Å². The van der Waals surface area contributed by atoms with Crippen molar-refractivity contribution in [2.45, 2.75) is 33.0 Å². The molecule has 1 aromatic rings. The number of carbonyl (C=O) groups excluding carboxylic acids is 1. The van der Waals surface area contributed by atoms with E-state index in [-0.39, 0.29) is 17.4 Å². The molecule has 0 fully saturated rings. The minimum absolute atomic E-state index is 0.0847. The van der Waals surface area contributed by atoms with Crippen LogP contribution < -0.4 is 15.2 Å². The monoisotopic (exact) mass is 292 g/mol. The topological polar surface area (TPSA) is 64.8 Å². The number of hydrogen-bond acceptors (Lipinski definition) is 4. The smallest absolute Gasteiger partial charge is 0.267 e. The van der Waals surface area contributed by atoms with E-state index in [2.05, 4.69) is 0 Å². The normalized spacial score (nSPS) is 21.0. The molecule has 0 bridgehead atoms. The molecule has 5 heteroatoms. The van der Waals surface area contributed by atoms with E-state index in [9.17, 15) is 4.79 Å². The van der Waals surface area contributed by atoms with Crippen molar-refractivity contribution in [1.29, 1.82) is 0 Å². The molecule has 0 saturated carbocycles. The van der Waals surface area contributed by atoms with Crippen molar-refractivity contribution in [2.75, 3.05) is 20.1 Å². The quantitative estimate of drug-likeness (QED) is 0.916. The van der Waals surface area contributed by atoms with Gasteiger partial charge in [0.25, 0.3) is 5.91 Å². The van der Waals surface area contributed by atoms with Gasteiger partial charge in [-0.2, -0.15) is 0 Å². The molecule has 0 radical (unpaired) electrons. The predicted molar refractivity (Wildman–Crippen MR) is 81.4 cm³/mol. The average Bonchev–Trinajstić information content (AvgIpc) is 2.45. The van der Waals surface area contributed by atoms with Crippen LogP contribution in [0.2, 0.25) is 0 Å². The van der Waals surface area contributed by atoms with Gasteiger partial charge in [-0.05, 0) is 31.0 Å². The van der Waals surface area contributed by atoms with Crippen LogP contribution in [0.25, 0.3) is 0 Å². The molecule has 2 atom stereocenters. The fourth-order valence-electron chi connectivity index (χ4n) is 2.39. The summed E-state index contributed by atoms with van der Waals surface area (Å²) in [5, 5.41) is 0. The number of para-hydroxylation sites is 2. The summed E-state index contributed by atoms with van der Waals surface area (Å²) in [6.07, 6.45) is -0.950. The van der Waals surface area contributed by atoms with Gasteiger partial charge in [-0.3, -0.25) is 4.79 Å². The number of nitrogens with zero attached hydrogens (tertiary/aromatic N) is 1. The fraction of sp³-hybridized carbons (Fsp3) is 0.562. The van der Waals surface area contributed by atoms with Crippen molar-refractivity contribution in [1.82, 2.24) is 4.90 Å². The van der Waals surface area contributed by atoms with Crippen LogP contribution in [0.5, 0.6) is 11.5 Å². The summed E-state index contributed by atoms with van der Waals surface area (Å²) >= 11 is 0. The zero-order valence-corrected chi connectivity index (χ0v) is 13.1. The third-order valence-corrected chi connectivity index (χ3v) is 3.68. The van der Waals surface area contributed by atoms with Crippen LogP contribution in [-0.2, 0) is 4.79 Å². The second-order valence-corrected chi connectivity index (χ2v) is 6.37. The molecule has 1 aliphatic heterocycles. The number of amides is 1. The summed E-state index contributed by atoms with van der Waals surface area (Å²) in [4.78, 5) is 14.3. The lowest BCUT2D eigenvalue weighted by molar-refractivity contribution is -0.144. The number of carbonyl (C=O) groups is 1. The number of fused-ring (bicyclic) bond motifs is 1. The van der Waals surface area contributed by atoms with Crippen LogP contribution in [0.1, 0.15) is 20.8 Å². The van der Waals surface area contributed by atoms with Crippen molar-refractivity contribution in [3.63, 3.8) is 0 Å². The third kappa shape index (κ3) is 3.47. The summed E-state index contributed by atoms with van der Waals surface area (Å²) in [6, 6.07) is 7.40. The van der Waals surface area contributed by atoms with Crippen molar-refractivity contribution >= 4 is 5.91 Å². The molecule has 1 amide bonds. The molecule has 5 nitrogen and oxygen atoms in total. The largest absolute Gasteiger partial charge is 0.482 e. The molecule has 1 aliphatic rings. The number of hydrogen-bond donors (Lipinski definition) is 1. The van der Waals surface area contributed by atoms with Crippen LogP contribution in [0.15, 0.2) is 24.3 Å². The molecule has 1 aromatic carbocycles. The molecule has 116 valence electrons. The molecule has 2 unspecified atom stereocenters. The van der Waals surface area contributed by atoms with Crippen molar-refractivity contribution in [3.05, 3.63) is 24.3 Å². The molecule has 2 N–H and O–H groups in total. The number of ether oxygens (including phenoxy) is 2. The first-order valence-corrected chi connectivity index (χ1v) is 7.21. The number of benzene rings is 1. The summed E-state index contributed by atoms with van der Waals surface area (Å²) in [5.41, 5.74) is 5.61. The highest BCUT2D eigenvalue weighted by molar-refractivity contribution is 5.82. The second-order valence-electron chi connectivity index (χ2n) is 6.37. The maximum absolute atomic E-state index is 12.6. The number of nitrogens with two attached hydrogens (primary N) is 1. The van der Waals surface area contributed by atoms with E-state index in [1.807, 2.05) is 45.0 Å². The molecular weight excluding hydrogens is 268 g/mol. The minimum Gasteiger partial charge on any atom is -0.482 e. The Kier molecular flexibility index (Phi) is 4.42. The maximum atomic E-state index is 12.6. The Morgan fingerprint density at radius 2 is 1.86 bits per heavy atom. The second kappa shape index (κ2) is 5.93. The summed E-state index contributed by atoms with van der Waals surface area (Å²) < 4.78 is 11.6. The van der Waals surface area contributed by atoms with E-state index in [1.54, 1.807) is 11.9 Å². The number of likely N-dealkylation sites (N-methyl/N-ethyl adjacent to an activating group) is 1. The van der Waals surface area contributed by atoms with Gasteiger partial charge in [0, 0.05) is 13.6 Å². The van der Waals surface area contributed by atoms with E-state index < -0.39 is 6.10 Å². The van der Waals surface area contributed by atoms with Gasteiger partial charge in [0.2, 0.25) is 6.10 Å². The Bertz CT molecular complexity index is 516. The molecule has 0 aliphatic carbocycles. The molecular formula is C16H24N2O3. The van der Waals surface area contributed by atoms with Gasteiger partial charge in [-0.25, -0.2) is 0 Å². The minimum atomic E-state index is -0.626. The summed E-state index contributed by atoms with van der Waals surface area (Å²) in [5.74, 6) is 1.21. The van der Waals surface area contributed by atoms with Gasteiger partial charge in [0.05, 0.1) is 0 Å². The molecule has 0 aromatic heterocycles. The first kappa shape index (κ1) is 15.6. The van der Waals surface area contributed by atoms with E-state index in [0.717, 1.165) is 0 Å². The van der Waals surface area contributed by atoms with Gasteiger partial charge in [-0.15, -0.1) is 0 Å².